The number of nitrogens with one attached hydrogen (secondary N) is 2. The topological polar surface area (TPSA) is 74.3 Å². The van der Waals surface area contributed by atoms with Gasteiger partial charge in [-0.05, 0) is 54.4 Å². The van der Waals surface area contributed by atoms with Crippen molar-refractivity contribution in [3.05, 3.63) is 53.5 Å². The van der Waals surface area contributed by atoms with Gasteiger partial charge in [0.25, 0.3) is 0 Å². The SMILES string of the molecule is CC(C)(CO)c1cc2cc(NC(=O)C3(c4ccc5c(c4)SC(F)(F)O5)CC3)c(F)cc2[nH]1. The van der Waals surface area contributed by atoms with Gasteiger partial charge in [-0.3, -0.25) is 4.79 Å². The average molecular weight is 462 g/mol. The molecule has 1 saturated carbocycles. The highest BCUT2D eigenvalue weighted by Gasteiger charge is 2.52. The van der Waals surface area contributed by atoms with Crippen LogP contribution < -0.4 is 10.1 Å². The minimum Gasteiger partial charge on any atom is -0.423 e. The molecule has 2 aliphatic rings. The molecule has 0 atom stereocenters. The normalized spacial score (nSPS) is 18.3. The van der Waals surface area contributed by atoms with Crippen LogP contribution >= 0.6 is 11.8 Å². The Hall–Kier alpha value is -2.65. The third-order valence-electron chi connectivity index (χ3n) is 6.22. The number of hydrogen-bond acceptors (Lipinski definition) is 4. The first-order valence-corrected chi connectivity index (χ1v) is 11.0. The molecule has 5 rings (SSSR count). The van der Waals surface area contributed by atoms with Crippen LogP contribution in [-0.4, -0.2) is 28.0 Å². The molecule has 1 fully saturated rings. The lowest BCUT2D eigenvalue weighted by molar-refractivity contribution is -0.118. The van der Waals surface area contributed by atoms with E-state index in [2.05, 4.69) is 15.0 Å². The number of anilines is 1. The van der Waals surface area contributed by atoms with Crippen LogP contribution in [0.2, 0.25) is 0 Å². The second kappa shape index (κ2) is 6.92. The summed E-state index contributed by atoms with van der Waals surface area (Å²) < 4.78 is 46.3. The summed E-state index contributed by atoms with van der Waals surface area (Å²) in [5.41, 5.74) is -2.75. The first-order valence-electron chi connectivity index (χ1n) is 10.2. The fourth-order valence-corrected chi connectivity index (χ4v) is 4.74. The van der Waals surface area contributed by atoms with Crippen molar-refractivity contribution in [2.24, 2.45) is 0 Å². The van der Waals surface area contributed by atoms with Gasteiger partial charge in [-0.25, -0.2) is 4.39 Å². The number of aliphatic hydroxyl groups excluding tert-OH is 1. The van der Waals surface area contributed by atoms with E-state index in [1.165, 1.54) is 12.1 Å². The number of fused-ring (bicyclic) bond motifs is 2. The number of H-pyrrole nitrogens is 1. The molecule has 0 unspecified atom stereocenters. The van der Waals surface area contributed by atoms with Crippen molar-refractivity contribution in [1.29, 1.82) is 0 Å². The number of alkyl halides is 2. The van der Waals surface area contributed by atoms with Gasteiger partial charge in [-0.15, -0.1) is 0 Å². The van der Waals surface area contributed by atoms with Gasteiger partial charge in [0.15, 0.2) is 0 Å². The number of benzene rings is 2. The molecule has 2 heterocycles. The van der Waals surface area contributed by atoms with Crippen molar-refractivity contribution < 1.29 is 27.8 Å². The highest BCUT2D eigenvalue weighted by atomic mass is 32.2. The highest BCUT2D eigenvalue weighted by molar-refractivity contribution is 8.00. The van der Waals surface area contributed by atoms with Crippen LogP contribution in [0.4, 0.5) is 18.9 Å². The molecular formula is C23H21F3N2O3S. The zero-order valence-electron chi connectivity index (χ0n) is 17.4. The lowest BCUT2D eigenvalue weighted by Crippen LogP contribution is -2.28. The number of ether oxygens (including phenoxy) is 1. The number of carbonyl (C=O) groups excluding carboxylic acids is 1. The Kier molecular flexibility index (Phi) is 4.59. The van der Waals surface area contributed by atoms with Gasteiger partial charge in [-0.2, -0.15) is 8.78 Å². The van der Waals surface area contributed by atoms with E-state index in [1.54, 1.807) is 18.2 Å². The van der Waals surface area contributed by atoms with E-state index in [1.807, 2.05) is 19.9 Å². The molecular weight excluding hydrogens is 441 g/mol. The third kappa shape index (κ3) is 3.44. The van der Waals surface area contributed by atoms with Gasteiger partial charge in [-0.1, -0.05) is 19.9 Å². The largest absolute Gasteiger partial charge is 0.457 e. The fourth-order valence-electron chi connectivity index (χ4n) is 3.96. The molecule has 3 N–H and O–H groups in total. The van der Waals surface area contributed by atoms with Crippen molar-refractivity contribution in [3.8, 4) is 5.75 Å². The summed E-state index contributed by atoms with van der Waals surface area (Å²) in [5.74, 6) is -0.877. The second-order valence-corrected chi connectivity index (χ2v) is 10.1. The summed E-state index contributed by atoms with van der Waals surface area (Å²) >= 11 is 0.308. The number of halogens is 3. The monoisotopic (exact) mass is 462 g/mol. The second-order valence-electron chi connectivity index (χ2n) is 9.01. The molecule has 0 bridgehead atoms. The number of amides is 1. The fraction of sp³-hybridized carbons (Fsp3) is 0.348. The molecule has 1 aliphatic carbocycles. The molecule has 2 aromatic carbocycles. The predicted octanol–water partition coefficient (Wildman–Crippen LogP) is 5.28. The molecule has 0 radical (unpaired) electrons. The van der Waals surface area contributed by atoms with E-state index in [4.69, 9.17) is 0 Å². The molecule has 0 spiro atoms. The minimum absolute atomic E-state index is 0.0477. The van der Waals surface area contributed by atoms with Crippen LogP contribution in [0.1, 0.15) is 37.9 Å². The van der Waals surface area contributed by atoms with E-state index in [0.29, 0.717) is 41.1 Å². The maximum Gasteiger partial charge on any atom is 0.457 e. The molecule has 1 aliphatic heterocycles. The Morgan fingerprint density at radius 2 is 2.00 bits per heavy atom. The van der Waals surface area contributed by atoms with E-state index in [9.17, 15) is 23.1 Å². The Morgan fingerprint density at radius 1 is 1.25 bits per heavy atom. The molecule has 5 nitrogen and oxygen atoms in total. The molecule has 9 heteroatoms. The number of carbonyl (C=O) groups is 1. The van der Waals surface area contributed by atoms with E-state index in [-0.39, 0.29) is 28.8 Å². The number of hydrogen-bond donors (Lipinski definition) is 3. The Bertz CT molecular complexity index is 1250. The summed E-state index contributed by atoms with van der Waals surface area (Å²) in [6.45, 7) is 3.65. The number of rotatable bonds is 5. The van der Waals surface area contributed by atoms with Gasteiger partial charge in [0.2, 0.25) is 5.91 Å². The quantitative estimate of drug-likeness (QED) is 0.482. The molecule has 3 aromatic rings. The molecule has 168 valence electrons. The van der Waals surface area contributed by atoms with E-state index >= 15 is 0 Å². The van der Waals surface area contributed by atoms with Crippen molar-refractivity contribution >= 4 is 34.3 Å². The zero-order chi connectivity index (χ0) is 22.9. The van der Waals surface area contributed by atoms with Gasteiger partial charge in [0.1, 0.15) is 11.6 Å². The van der Waals surface area contributed by atoms with Gasteiger partial charge in [0, 0.05) is 28.1 Å². The maximum atomic E-state index is 14.8. The summed E-state index contributed by atoms with van der Waals surface area (Å²) in [4.78, 5) is 16.5. The van der Waals surface area contributed by atoms with Crippen LogP contribution in [0, 0.1) is 5.82 Å². The molecule has 0 saturated heterocycles. The lowest BCUT2D eigenvalue weighted by atomic mass is 9.91. The number of thioether (sulfide) groups is 1. The first-order chi connectivity index (χ1) is 15.0. The average Bonchev–Trinajstić information content (AvgIpc) is 3.34. The van der Waals surface area contributed by atoms with Crippen LogP contribution in [-0.2, 0) is 15.6 Å². The van der Waals surface area contributed by atoms with Crippen LogP contribution in [0.3, 0.4) is 0 Å². The van der Waals surface area contributed by atoms with E-state index < -0.39 is 22.1 Å². The molecule has 32 heavy (non-hydrogen) atoms. The smallest absolute Gasteiger partial charge is 0.423 e. The van der Waals surface area contributed by atoms with Gasteiger partial charge >= 0.3 is 5.44 Å². The zero-order valence-corrected chi connectivity index (χ0v) is 18.2. The van der Waals surface area contributed by atoms with Gasteiger partial charge < -0.3 is 20.1 Å². The van der Waals surface area contributed by atoms with Crippen molar-refractivity contribution in [3.63, 3.8) is 0 Å². The lowest BCUT2D eigenvalue weighted by Gasteiger charge is -2.19. The summed E-state index contributed by atoms with van der Waals surface area (Å²) in [6.07, 6.45) is 1.09. The Morgan fingerprint density at radius 3 is 2.69 bits per heavy atom. The third-order valence-corrected chi connectivity index (χ3v) is 7.08. The summed E-state index contributed by atoms with van der Waals surface area (Å²) in [6, 6.07) is 9.31. The van der Waals surface area contributed by atoms with Crippen molar-refractivity contribution in [2.75, 3.05) is 11.9 Å². The Balaban J connectivity index is 1.42. The number of aromatic nitrogens is 1. The summed E-state index contributed by atoms with van der Waals surface area (Å²) in [5, 5.41) is 13.0. The van der Waals surface area contributed by atoms with Crippen molar-refractivity contribution in [2.45, 2.75) is 47.9 Å². The van der Waals surface area contributed by atoms with Crippen LogP contribution in [0.25, 0.3) is 10.9 Å². The number of aromatic amines is 1. The van der Waals surface area contributed by atoms with Crippen molar-refractivity contribution in [1.82, 2.24) is 4.98 Å². The minimum atomic E-state index is -3.32. The Labute approximate surface area is 186 Å². The first kappa shape index (κ1) is 21.2. The maximum absolute atomic E-state index is 14.8. The highest BCUT2D eigenvalue weighted by Crippen LogP contribution is 2.54. The number of aliphatic hydroxyl groups is 1. The predicted molar refractivity (Wildman–Crippen MR) is 116 cm³/mol. The van der Waals surface area contributed by atoms with E-state index in [0.717, 1.165) is 5.69 Å². The molecule has 1 amide bonds. The molecule has 1 aromatic heterocycles. The summed E-state index contributed by atoms with van der Waals surface area (Å²) in [7, 11) is 0. The van der Waals surface area contributed by atoms with Crippen LogP contribution in [0.5, 0.6) is 5.75 Å². The van der Waals surface area contributed by atoms with Gasteiger partial charge in [0.05, 0.1) is 22.6 Å². The van der Waals surface area contributed by atoms with Crippen LogP contribution in [0.15, 0.2) is 41.3 Å². The standard InChI is InChI=1S/C23H21F3N2O3S/c1-21(2,11-29)19-8-12-7-16(14(24)10-15(12)27-19)28-20(30)22(5-6-22)13-3-4-17-18(9-13)32-23(25,26)31-17/h3-4,7-10,27,29H,5-6,11H2,1-2H3,(H,28,30).